The minimum absolute atomic E-state index is 0.576. The summed E-state index contributed by atoms with van der Waals surface area (Å²) in [5, 5.41) is 6.64. The molecule has 1 fully saturated rings. The van der Waals surface area contributed by atoms with Gasteiger partial charge in [0.25, 0.3) is 11.8 Å². The number of nitrogens with zero attached hydrogens (tertiary/aromatic N) is 1. The molecule has 6 amide bonds. The van der Waals surface area contributed by atoms with Crippen molar-refractivity contribution in [3.05, 3.63) is 35.4 Å². The number of carbonyl (C=O) groups excluding carboxylic acids is 5. The molecule has 1 aromatic carbocycles. The highest BCUT2D eigenvalue weighted by molar-refractivity contribution is 6.09. The normalized spacial score (nSPS) is 18.7. The number of aryl methyl sites for hydroxylation is 1. The number of hydrogen-bond acceptors (Lipinski definition) is 6. The van der Waals surface area contributed by atoms with Crippen molar-refractivity contribution >= 4 is 29.8 Å². The van der Waals surface area contributed by atoms with Crippen LogP contribution in [0.5, 0.6) is 0 Å². The number of nitrogens with one attached hydrogen (secondary N) is 3. The second-order valence-corrected chi connectivity index (χ2v) is 6.10. The maximum Gasteiger partial charge on any atom is 0.326 e. The number of esters is 1. The number of hydrogen-bond donors (Lipinski definition) is 3. The average molecular weight is 376 g/mol. The van der Waals surface area contributed by atoms with Crippen LogP contribution in [0.3, 0.4) is 0 Å². The first kappa shape index (κ1) is 19.9. The minimum Gasteiger partial charge on any atom is -0.454 e. The molecular weight excluding hydrogens is 356 g/mol. The molecule has 1 atom stereocenters. The standard InChI is InChI=1S/C17H20N4O6/c1-10-4-6-11(7-5-10)17(2)14(24)21(16(26)20-17)8-13(23)27-9-12(22)19-15(25)18-3/h4-7H,8-9H2,1-3H3,(H,20,26)(H2,18,19,22,25)/t17-/m1/s1. The van der Waals surface area contributed by atoms with Gasteiger partial charge in [0.05, 0.1) is 0 Å². The number of rotatable bonds is 5. The Kier molecular flexibility index (Phi) is 5.78. The first-order valence-electron chi connectivity index (χ1n) is 8.06. The van der Waals surface area contributed by atoms with Gasteiger partial charge in [0.15, 0.2) is 6.61 Å². The fourth-order valence-electron chi connectivity index (χ4n) is 2.47. The van der Waals surface area contributed by atoms with Gasteiger partial charge in [-0.15, -0.1) is 0 Å². The average Bonchev–Trinajstić information content (AvgIpc) is 2.84. The number of carbonyl (C=O) groups is 5. The van der Waals surface area contributed by atoms with Gasteiger partial charge >= 0.3 is 18.0 Å². The molecule has 2 rings (SSSR count). The predicted octanol–water partition coefficient (Wildman–Crippen LogP) is -0.239. The SMILES string of the molecule is CNC(=O)NC(=O)COC(=O)CN1C(=O)N[C@](C)(c2ccc(C)cc2)C1=O. The third-order valence-electron chi connectivity index (χ3n) is 4.04. The topological polar surface area (TPSA) is 134 Å². The Labute approximate surface area is 155 Å². The van der Waals surface area contributed by atoms with E-state index in [0.29, 0.717) is 5.56 Å². The zero-order chi connectivity index (χ0) is 20.2. The number of benzene rings is 1. The number of amides is 6. The summed E-state index contributed by atoms with van der Waals surface area (Å²) >= 11 is 0. The molecule has 0 unspecified atom stereocenters. The largest absolute Gasteiger partial charge is 0.454 e. The molecule has 3 N–H and O–H groups in total. The van der Waals surface area contributed by atoms with E-state index in [-0.39, 0.29) is 0 Å². The van der Waals surface area contributed by atoms with Crippen molar-refractivity contribution in [2.24, 2.45) is 0 Å². The molecule has 1 heterocycles. The highest BCUT2D eigenvalue weighted by Gasteiger charge is 2.49. The van der Waals surface area contributed by atoms with Gasteiger partial charge in [0.1, 0.15) is 12.1 Å². The van der Waals surface area contributed by atoms with Crippen LogP contribution in [-0.4, -0.2) is 54.9 Å². The third kappa shape index (κ3) is 4.40. The molecule has 10 heteroatoms. The number of ether oxygens (including phenoxy) is 1. The smallest absolute Gasteiger partial charge is 0.326 e. The summed E-state index contributed by atoms with van der Waals surface area (Å²) in [6, 6.07) is 5.56. The Morgan fingerprint density at radius 1 is 1.19 bits per heavy atom. The Morgan fingerprint density at radius 3 is 2.41 bits per heavy atom. The molecule has 0 bridgehead atoms. The van der Waals surface area contributed by atoms with Crippen LogP contribution in [-0.2, 0) is 24.7 Å². The van der Waals surface area contributed by atoms with Crippen LogP contribution in [0.25, 0.3) is 0 Å². The lowest BCUT2D eigenvalue weighted by Gasteiger charge is -2.22. The molecule has 144 valence electrons. The van der Waals surface area contributed by atoms with E-state index >= 15 is 0 Å². The maximum absolute atomic E-state index is 12.7. The van der Waals surface area contributed by atoms with Crippen molar-refractivity contribution < 1.29 is 28.7 Å². The van der Waals surface area contributed by atoms with E-state index in [2.05, 4.69) is 10.6 Å². The molecule has 10 nitrogen and oxygen atoms in total. The van der Waals surface area contributed by atoms with Gasteiger partial charge in [0, 0.05) is 7.05 Å². The van der Waals surface area contributed by atoms with Crippen molar-refractivity contribution in [3.63, 3.8) is 0 Å². The Morgan fingerprint density at radius 2 is 1.81 bits per heavy atom. The molecule has 1 aliphatic rings. The molecule has 0 aromatic heterocycles. The summed E-state index contributed by atoms with van der Waals surface area (Å²) < 4.78 is 4.69. The Balaban J connectivity index is 1.99. The van der Waals surface area contributed by atoms with Crippen LogP contribution in [0, 0.1) is 6.92 Å². The van der Waals surface area contributed by atoms with E-state index in [1.807, 2.05) is 24.4 Å². The van der Waals surface area contributed by atoms with Gasteiger partial charge in [-0.05, 0) is 19.4 Å². The van der Waals surface area contributed by atoms with Gasteiger partial charge in [-0.3, -0.25) is 24.6 Å². The Bertz CT molecular complexity index is 791. The van der Waals surface area contributed by atoms with E-state index in [1.54, 1.807) is 19.1 Å². The zero-order valence-electron chi connectivity index (χ0n) is 15.1. The maximum atomic E-state index is 12.7. The summed E-state index contributed by atoms with van der Waals surface area (Å²) in [6.45, 7) is 2.06. The number of imide groups is 2. The van der Waals surface area contributed by atoms with Crippen molar-refractivity contribution in [2.75, 3.05) is 20.2 Å². The molecule has 0 saturated carbocycles. The minimum atomic E-state index is -1.30. The summed E-state index contributed by atoms with van der Waals surface area (Å²) in [7, 11) is 1.32. The summed E-state index contributed by atoms with van der Waals surface area (Å²) in [5.41, 5.74) is 0.267. The van der Waals surface area contributed by atoms with Crippen LogP contribution in [0.2, 0.25) is 0 Å². The molecule has 0 radical (unpaired) electrons. The Hall–Kier alpha value is -3.43. The van der Waals surface area contributed by atoms with Crippen molar-refractivity contribution in [2.45, 2.75) is 19.4 Å². The van der Waals surface area contributed by atoms with Gasteiger partial charge < -0.3 is 15.4 Å². The lowest BCUT2D eigenvalue weighted by molar-refractivity contribution is -0.150. The summed E-state index contributed by atoms with van der Waals surface area (Å²) in [5.74, 6) is -2.41. The highest BCUT2D eigenvalue weighted by atomic mass is 16.5. The van der Waals surface area contributed by atoms with Crippen LogP contribution in [0.4, 0.5) is 9.59 Å². The van der Waals surface area contributed by atoms with E-state index in [9.17, 15) is 24.0 Å². The van der Waals surface area contributed by atoms with Crippen LogP contribution in [0.1, 0.15) is 18.1 Å². The molecule has 1 aromatic rings. The van der Waals surface area contributed by atoms with Crippen molar-refractivity contribution in [1.82, 2.24) is 20.9 Å². The molecule has 1 aliphatic heterocycles. The zero-order valence-corrected chi connectivity index (χ0v) is 15.1. The molecule has 0 aliphatic carbocycles. The molecule has 1 saturated heterocycles. The monoisotopic (exact) mass is 376 g/mol. The van der Waals surface area contributed by atoms with Gasteiger partial charge in [-0.1, -0.05) is 29.8 Å². The van der Waals surface area contributed by atoms with Crippen LogP contribution in [0.15, 0.2) is 24.3 Å². The second-order valence-electron chi connectivity index (χ2n) is 6.10. The van der Waals surface area contributed by atoms with Gasteiger partial charge in [-0.2, -0.15) is 0 Å². The first-order chi connectivity index (χ1) is 12.7. The fraction of sp³-hybridized carbons (Fsp3) is 0.353. The fourth-order valence-corrected chi connectivity index (χ4v) is 2.47. The highest BCUT2D eigenvalue weighted by Crippen LogP contribution is 2.28. The quantitative estimate of drug-likeness (QED) is 0.480. The molecule has 27 heavy (non-hydrogen) atoms. The van der Waals surface area contributed by atoms with Crippen molar-refractivity contribution in [3.8, 4) is 0 Å². The summed E-state index contributed by atoms with van der Waals surface area (Å²) in [4.78, 5) is 59.8. The van der Waals surface area contributed by atoms with Crippen LogP contribution >= 0.6 is 0 Å². The van der Waals surface area contributed by atoms with Gasteiger partial charge in [-0.25, -0.2) is 9.59 Å². The van der Waals surface area contributed by atoms with Gasteiger partial charge in [0.2, 0.25) is 0 Å². The van der Waals surface area contributed by atoms with E-state index in [1.165, 1.54) is 7.05 Å². The van der Waals surface area contributed by atoms with Crippen LogP contribution < -0.4 is 16.0 Å². The van der Waals surface area contributed by atoms with E-state index in [4.69, 9.17) is 4.74 Å². The molecule has 0 spiro atoms. The third-order valence-corrected chi connectivity index (χ3v) is 4.04. The van der Waals surface area contributed by atoms with E-state index in [0.717, 1.165) is 10.5 Å². The predicted molar refractivity (Wildman–Crippen MR) is 92.3 cm³/mol. The lowest BCUT2D eigenvalue weighted by Crippen LogP contribution is -2.42. The first-order valence-corrected chi connectivity index (χ1v) is 8.06. The summed E-state index contributed by atoms with van der Waals surface area (Å²) in [6.07, 6.45) is 0. The van der Waals surface area contributed by atoms with E-state index < -0.39 is 48.5 Å². The number of urea groups is 2. The van der Waals surface area contributed by atoms with Crippen molar-refractivity contribution in [1.29, 1.82) is 0 Å². The second kappa shape index (κ2) is 7.85. The lowest BCUT2D eigenvalue weighted by atomic mass is 9.91. The molecular formula is C17H20N4O6.